The van der Waals surface area contributed by atoms with Crippen molar-refractivity contribution in [3.63, 3.8) is 0 Å². The van der Waals surface area contributed by atoms with E-state index in [9.17, 15) is 18.0 Å². The van der Waals surface area contributed by atoms with E-state index in [1.165, 1.54) is 23.8 Å². The standard InChI is InChI=1S/C28H31Cl2F3N2O/c29-19-26(35-17-11-21(12-18-35)20-3-7-25(30)8-4-20)22-9-14-34(15-10-22)16-13-27(36)23-1-5-24(6-2-23)28(31,32)33/h1-8,13,16,21-22,26H,9-12,14-15,17-19H2. The first kappa shape index (κ1) is 27.0. The second-order valence-electron chi connectivity index (χ2n) is 9.71. The highest BCUT2D eigenvalue weighted by molar-refractivity contribution is 6.30. The lowest BCUT2D eigenvalue weighted by atomic mass is 9.85. The number of allylic oxidation sites excluding steroid dienone is 1. The van der Waals surface area contributed by atoms with Crippen molar-refractivity contribution < 1.29 is 18.0 Å². The molecule has 8 heteroatoms. The van der Waals surface area contributed by atoms with Crippen LogP contribution in [-0.2, 0) is 6.18 Å². The van der Waals surface area contributed by atoms with Gasteiger partial charge in [-0.25, -0.2) is 0 Å². The summed E-state index contributed by atoms with van der Waals surface area (Å²) in [4.78, 5) is 17.0. The summed E-state index contributed by atoms with van der Waals surface area (Å²) in [5, 5.41) is 0.767. The first-order chi connectivity index (χ1) is 17.2. The maximum atomic E-state index is 12.7. The Morgan fingerprint density at radius 3 is 2.11 bits per heavy atom. The van der Waals surface area contributed by atoms with Crippen LogP contribution < -0.4 is 0 Å². The number of benzene rings is 2. The van der Waals surface area contributed by atoms with E-state index >= 15 is 0 Å². The van der Waals surface area contributed by atoms with Crippen LogP contribution in [-0.4, -0.2) is 53.7 Å². The Morgan fingerprint density at radius 2 is 1.56 bits per heavy atom. The largest absolute Gasteiger partial charge is 0.416 e. The fraction of sp³-hybridized carbons (Fsp3) is 0.464. The van der Waals surface area contributed by atoms with E-state index in [1.54, 1.807) is 6.20 Å². The average molecular weight is 539 g/mol. The molecule has 3 nitrogen and oxygen atoms in total. The molecule has 4 rings (SSSR count). The van der Waals surface area contributed by atoms with Crippen LogP contribution >= 0.6 is 23.2 Å². The van der Waals surface area contributed by atoms with E-state index in [0.717, 1.165) is 69.0 Å². The van der Waals surface area contributed by atoms with E-state index in [-0.39, 0.29) is 11.3 Å². The van der Waals surface area contributed by atoms with Crippen molar-refractivity contribution in [3.8, 4) is 0 Å². The molecule has 1 atom stereocenters. The number of ketones is 1. The second kappa shape index (κ2) is 12.0. The van der Waals surface area contributed by atoms with Crippen molar-refractivity contribution in [2.24, 2.45) is 5.92 Å². The molecule has 0 aliphatic carbocycles. The first-order valence-electron chi connectivity index (χ1n) is 12.4. The third-order valence-electron chi connectivity index (χ3n) is 7.55. The van der Waals surface area contributed by atoms with Crippen LogP contribution in [0.4, 0.5) is 13.2 Å². The van der Waals surface area contributed by atoms with E-state index in [0.29, 0.717) is 23.8 Å². The molecule has 0 bridgehead atoms. The van der Waals surface area contributed by atoms with Crippen LogP contribution in [0.15, 0.2) is 60.8 Å². The normalized spacial score (nSPS) is 19.6. The molecule has 2 aromatic carbocycles. The number of halogens is 5. The molecular weight excluding hydrogens is 508 g/mol. The minimum absolute atomic E-state index is 0.248. The van der Waals surface area contributed by atoms with Crippen LogP contribution in [0.3, 0.4) is 0 Å². The Balaban J connectivity index is 1.25. The van der Waals surface area contributed by atoms with Crippen molar-refractivity contribution in [1.82, 2.24) is 9.80 Å². The molecule has 0 radical (unpaired) electrons. The number of hydrogen-bond donors (Lipinski definition) is 0. The number of hydrogen-bond acceptors (Lipinski definition) is 3. The summed E-state index contributed by atoms with van der Waals surface area (Å²) in [5.41, 5.74) is 0.846. The SMILES string of the molecule is O=C(C=CN1CCC(C(CCl)N2CCC(c3ccc(Cl)cc3)CC2)CC1)c1ccc(C(F)(F)F)cc1. The van der Waals surface area contributed by atoms with Crippen molar-refractivity contribution in [2.45, 2.75) is 43.8 Å². The molecule has 0 saturated carbocycles. The maximum absolute atomic E-state index is 12.7. The topological polar surface area (TPSA) is 23.6 Å². The van der Waals surface area contributed by atoms with Crippen LogP contribution in [0.2, 0.25) is 5.02 Å². The molecule has 2 aromatic rings. The summed E-state index contributed by atoms with van der Waals surface area (Å²) in [6, 6.07) is 12.9. The van der Waals surface area contributed by atoms with Gasteiger partial charge in [-0.05, 0) is 80.4 Å². The van der Waals surface area contributed by atoms with Crippen molar-refractivity contribution in [3.05, 3.63) is 82.5 Å². The number of rotatable bonds is 7. The van der Waals surface area contributed by atoms with Gasteiger partial charge in [0.15, 0.2) is 5.78 Å². The molecule has 0 amide bonds. The lowest BCUT2D eigenvalue weighted by Gasteiger charge is -2.43. The molecule has 2 fully saturated rings. The first-order valence-corrected chi connectivity index (χ1v) is 13.3. The summed E-state index contributed by atoms with van der Waals surface area (Å²) in [6.07, 6.45) is 3.02. The van der Waals surface area contributed by atoms with Gasteiger partial charge in [0.2, 0.25) is 0 Å². The van der Waals surface area contributed by atoms with Gasteiger partial charge in [-0.15, -0.1) is 11.6 Å². The minimum Gasteiger partial charge on any atom is -0.377 e. The lowest BCUT2D eigenvalue weighted by Crippen LogP contribution is -2.48. The molecule has 194 valence electrons. The second-order valence-corrected chi connectivity index (χ2v) is 10.5. The van der Waals surface area contributed by atoms with Crippen LogP contribution in [0.1, 0.15) is 53.1 Å². The van der Waals surface area contributed by atoms with Gasteiger partial charge in [-0.1, -0.05) is 35.9 Å². The number of piperidine rings is 2. The van der Waals surface area contributed by atoms with Crippen molar-refractivity contribution in [2.75, 3.05) is 32.1 Å². The zero-order valence-corrected chi connectivity index (χ0v) is 21.6. The van der Waals surface area contributed by atoms with E-state index in [2.05, 4.69) is 21.9 Å². The highest BCUT2D eigenvalue weighted by Crippen LogP contribution is 2.33. The smallest absolute Gasteiger partial charge is 0.377 e. The average Bonchev–Trinajstić information content (AvgIpc) is 2.89. The quantitative estimate of drug-likeness (QED) is 0.210. The number of nitrogens with zero attached hydrogens (tertiary/aromatic N) is 2. The predicted molar refractivity (Wildman–Crippen MR) is 139 cm³/mol. The molecule has 2 saturated heterocycles. The number of carbonyl (C=O) groups excluding carboxylic acids is 1. The molecular formula is C28H31Cl2F3N2O. The Bertz CT molecular complexity index is 1020. The maximum Gasteiger partial charge on any atom is 0.416 e. The van der Waals surface area contributed by atoms with Crippen LogP contribution in [0.25, 0.3) is 0 Å². The minimum atomic E-state index is -4.41. The van der Waals surface area contributed by atoms with Gasteiger partial charge in [0.05, 0.1) is 5.56 Å². The van der Waals surface area contributed by atoms with Gasteiger partial charge in [-0.2, -0.15) is 13.2 Å². The van der Waals surface area contributed by atoms with Gasteiger partial charge < -0.3 is 4.90 Å². The summed E-state index contributed by atoms with van der Waals surface area (Å²) >= 11 is 12.5. The Labute approximate surface area is 220 Å². The van der Waals surface area contributed by atoms with Gasteiger partial charge in [-0.3, -0.25) is 9.69 Å². The monoisotopic (exact) mass is 538 g/mol. The molecule has 2 heterocycles. The highest BCUT2D eigenvalue weighted by atomic mass is 35.5. The zero-order valence-electron chi connectivity index (χ0n) is 20.1. The molecule has 36 heavy (non-hydrogen) atoms. The summed E-state index contributed by atoms with van der Waals surface area (Å²) in [7, 11) is 0. The van der Waals surface area contributed by atoms with E-state index in [4.69, 9.17) is 23.2 Å². The predicted octanol–water partition coefficient (Wildman–Crippen LogP) is 7.25. The molecule has 0 spiro atoms. The fourth-order valence-electron chi connectivity index (χ4n) is 5.37. The highest BCUT2D eigenvalue weighted by Gasteiger charge is 2.32. The Kier molecular flexibility index (Phi) is 9.02. The summed E-state index contributed by atoms with van der Waals surface area (Å²) < 4.78 is 38.2. The summed E-state index contributed by atoms with van der Waals surface area (Å²) in [5.74, 6) is 1.37. The molecule has 0 N–H and O–H groups in total. The molecule has 2 aliphatic rings. The Morgan fingerprint density at radius 1 is 0.944 bits per heavy atom. The molecule has 0 aromatic heterocycles. The van der Waals surface area contributed by atoms with Crippen LogP contribution in [0.5, 0.6) is 0 Å². The third kappa shape index (κ3) is 6.84. The van der Waals surface area contributed by atoms with Crippen LogP contribution in [0, 0.1) is 5.92 Å². The lowest BCUT2D eigenvalue weighted by molar-refractivity contribution is -0.137. The third-order valence-corrected chi connectivity index (χ3v) is 8.12. The summed E-state index contributed by atoms with van der Waals surface area (Å²) in [6.45, 7) is 3.73. The number of alkyl halides is 4. The van der Waals surface area contributed by atoms with E-state index in [1.807, 2.05) is 12.1 Å². The van der Waals surface area contributed by atoms with Gasteiger partial charge in [0.25, 0.3) is 0 Å². The zero-order chi connectivity index (χ0) is 25.7. The van der Waals surface area contributed by atoms with Crippen molar-refractivity contribution in [1.29, 1.82) is 0 Å². The molecule has 1 unspecified atom stereocenters. The van der Waals surface area contributed by atoms with Gasteiger partial charge >= 0.3 is 6.18 Å². The Hall–Kier alpha value is -2.02. The van der Waals surface area contributed by atoms with E-state index < -0.39 is 11.7 Å². The number of likely N-dealkylation sites (tertiary alicyclic amines) is 2. The molecule has 2 aliphatic heterocycles. The van der Waals surface area contributed by atoms with Gasteiger partial charge in [0.1, 0.15) is 0 Å². The van der Waals surface area contributed by atoms with Gasteiger partial charge in [0, 0.05) is 47.9 Å². The van der Waals surface area contributed by atoms with Crippen molar-refractivity contribution >= 4 is 29.0 Å². The number of carbonyl (C=O) groups is 1. The fourth-order valence-corrected chi connectivity index (χ4v) is 5.94.